The van der Waals surface area contributed by atoms with Crippen LogP contribution in [0, 0.1) is 12.8 Å². The zero-order valence-corrected chi connectivity index (χ0v) is 16.4. The maximum atomic E-state index is 12.8. The highest BCUT2D eigenvalue weighted by Crippen LogP contribution is 2.08. The highest BCUT2D eigenvalue weighted by atomic mass is 16.2. The molecule has 0 aliphatic rings. The third-order valence-corrected chi connectivity index (χ3v) is 4.11. The molecule has 0 bridgehead atoms. The Morgan fingerprint density at radius 3 is 2.37 bits per heavy atom. The van der Waals surface area contributed by atoms with E-state index in [1.807, 2.05) is 37.3 Å². The molecule has 2 amide bonds. The Hall–Kier alpha value is -2.76. The number of hydrogen-bond acceptors (Lipinski definition) is 4. The first-order chi connectivity index (χ1) is 12.8. The third kappa shape index (κ3) is 6.81. The molecule has 2 atom stereocenters. The number of carbonyl (C=O) groups excluding carboxylic acids is 2. The quantitative estimate of drug-likeness (QED) is 0.750. The van der Waals surface area contributed by atoms with Gasteiger partial charge in [-0.05, 0) is 31.7 Å². The molecule has 0 aliphatic carbocycles. The van der Waals surface area contributed by atoms with Crippen molar-refractivity contribution in [2.75, 3.05) is 0 Å². The van der Waals surface area contributed by atoms with Crippen molar-refractivity contribution in [1.29, 1.82) is 0 Å². The number of aryl methyl sites for hydroxylation is 1. The molecule has 0 aliphatic heterocycles. The van der Waals surface area contributed by atoms with E-state index in [0.29, 0.717) is 18.0 Å². The number of carbonyl (C=O) groups is 2. The molecule has 0 unspecified atom stereocenters. The van der Waals surface area contributed by atoms with Gasteiger partial charge in [-0.3, -0.25) is 14.6 Å². The lowest BCUT2D eigenvalue weighted by molar-refractivity contribution is -0.123. The lowest BCUT2D eigenvalue weighted by atomic mass is 10.0. The lowest BCUT2D eigenvalue weighted by Crippen LogP contribution is -2.50. The maximum absolute atomic E-state index is 12.8. The van der Waals surface area contributed by atoms with Crippen LogP contribution in [0.15, 0.2) is 42.7 Å². The van der Waals surface area contributed by atoms with Gasteiger partial charge >= 0.3 is 0 Å². The molecule has 0 spiro atoms. The van der Waals surface area contributed by atoms with Crippen LogP contribution in [0.4, 0.5) is 0 Å². The Morgan fingerprint density at radius 2 is 1.74 bits per heavy atom. The molecule has 27 heavy (non-hydrogen) atoms. The summed E-state index contributed by atoms with van der Waals surface area (Å²) in [5, 5.41) is 5.82. The number of aromatic nitrogens is 2. The van der Waals surface area contributed by atoms with Crippen LogP contribution in [0.1, 0.15) is 48.9 Å². The summed E-state index contributed by atoms with van der Waals surface area (Å²) in [7, 11) is 0. The van der Waals surface area contributed by atoms with Crippen molar-refractivity contribution in [2.24, 2.45) is 5.92 Å². The molecule has 2 aromatic rings. The summed E-state index contributed by atoms with van der Waals surface area (Å²) < 4.78 is 0. The van der Waals surface area contributed by atoms with E-state index in [0.717, 1.165) is 12.0 Å². The van der Waals surface area contributed by atoms with Crippen molar-refractivity contribution in [1.82, 2.24) is 20.6 Å². The number of rotatable bonds is 8. The van der Waals surface area contributed by atoms with Gasteiger partial charge in [0, 0.05) is 18.7 Å². The van der Waals surface area contributed by atoms with Crippen molar-refractivity contribution >= 4 is 11.8 Å². The fourth-order valence-electron chi connectivity index (χ4n) is 2.97. The Balaban J connectivity index is 2.13. The molecule has 1 heterocycles. The van der Waals surface area contributed by atoms with Crippen molar-refractivity contribution in [3.8, 4) is 0 Å². The Labute approximate surface area is 160 Å². The van der Waals surface area contributed by atoms with Crippen LogP contribution in [0.3, 0.4) is 0 Å². The molecule has 6 nitrogen and oxygen atoms in total. The van der Waals surface area contributed by atoms with Gasteiger partial charge in [0.2, 0.25) is 5.91 Å². The minimum Gasteiger partial charge on any atom is -0.352 e. The van der Waals surface area contributed by atoms with Gasteiger partial charge in [-0.15, -0.1) is 0 Å². The fourth-order valence-corrected chi connectivity index (χ4v) is 2.97. The Morgan fingerprint density at radius 1 is 1.04 bits per heavy atom. The van der Waals surface area contributed by atoms with Crippen LogP contribution in [-0.4, -0.2) is 33.9 Å². The molecule has 144 valence electrons. The highest BCUT2D eigenvalue weighted by Gasteiger charge is 2.24. The summed E-state index contributed by atoms with van der Waals surface area (Å²) in [5.41, 5.74) is 1.83. The summed E-state index contributed by atoms with van der Waals surface area (Å²) in [6.07, 6.45) is 4.27. The smallest absolute Gasteiger partial charge is 0.272 e. The first-order valence-electron chi connectivity index (χ1n) is 9.29. The molecule has 0 fully saturated rings. The number of nitrogens with one attached hydrogen (secondary N) is 2. The van der Waals surface area contributed by atoms with Crippen molar-refractivity contribution < 1.29 is 9.59 Å². The second kappa shape index (κ2) is 9.80. The van der Waals surface area contributed by atoms with E-state index in [2.05, 4.69) is 34.4 Å². The van der Waals surface area contributed by atoms with Gasteiger partial charge in [0.25, 0.3) is 5.91 Å². The van der Waals surface area contributed by atoms with Gasteiger partial charge in [-0.2, -0.15) is 0 Å². The summed E-state index contributed by atoms with van der Waals surface area (Å²) in [6, 6.07) is 8.99. The van der Waals surface area contributed by atoms with Crippen molar-refractivity contribution in [2.45, 2.75) is 52.6 Å². The van der Waals surface area contributed by atoms with Gasteiger partial charge in [-0.25, -0.2) is 4.98 Å². The average Bonchev–Trinajstić information content (AvgIpc) is 2.61. The fraction of sp³-hybridized carbons (Fsp3) is 0.429. The number of hydrogen-bond donors (Lipinski definition) is 2. The van der Waals surface area contributed by atoms with E-state index in [1.165, 1.54) is 6.20 Å². The summed E-state index contributed by atoms with van der Waals surface area (Å²) >= 11 is 0. The van der Waals surface area contributed by atoms with Crippen molar-refractivity contribution in [3.63, 3.8) is 0 Å². The van der Waals surface area contributed by atoms with Gasteiger partial charge < -0.3 is 10.6 Å². The second-order valence-electron chi connectivity index (χ2n) is 7.30. The van der Waals surface area contributed by atoms with E-state index >= 15 is 0 Å². The van der Waals surface area contributed by atoms with Gasteiger partial charge in [0.05, 0.1) is 11.9 Å². The van der Waals surface area contributed by atoms with Crippen LogP contribution < -0.4 is 10.6 Å². The zero-order chi connectivity index (χ0) is 19.8. The van der Waals surface area contributed by atoms with Crippen LogP contribution in [0.5, 0.6) is 0 Å². The van der Waals surface area contributed by atoms with E-state index in [9.17, 15) is 9.59 Å². The van der Waals surface area contributed by atoms with E-state index < -0.39 is 11.9 Å². The Bertz CT molecular complexity index is 762. The lowest BCUT2D eigenvalue weighted by Gasteiger charge is -2.22. The Kier molecular flexibility index (Phi) is 7.46. The van der Waals surface area contributed by atoms with E-state index in [1.54, 1.807) is 13.1 Å². The molecule has 1 aromatic heterocycles. The molecule has 1 aromatic carbocycles. The molecule has 2 N–H and O–H groups in total. The molecular formula is C21H28N4O2. The highest BCUT2D eigenvalue weighted by molar-refractivity contribution is 5.96. The number of benzene rings is 1. The molecule has 0 saturated heterocycles. The summed E-state index contributed by atoms with van der Waals surface area (Å²) in [6.45, 7) is 7.97. The average molecular weight is 368 g/mol. The topological polar surface area (TPSA) is 84.0 Å². The SMILES string of the molecule is Cc1cncc(C(=O)N[C@H](Cc2ccccc2)C(=O)N[C@@H](C)CC(C)C)n1. The predicted molar refractivity (Wildman–Crippen MR) is 105 cm³/mol. The first kappa shape index (κ1) is 20.6. The molecule has 0 saturated carbocycles. The minimum absolute atomic E-state index is 0.0337. The van der Waals surface area contributed by atoms with Gasteiger partial charge in [-0.1, -0.05) is 44.2 Å². The van der Waals surface area contributed by atoms with Crippen LogP contribution in [0.25, 0.3) is 0 Å². The van der Waals surface area contributed by atoms with Gasteiger partial charge in [0.1, 0.15) is 11.7 Å². The number of nitrogens with zero attached hydrogens (tertiary/aromatic N) is 2. The van der Waals surface area contributed by atoms with Crippen LogP contribution in [0.2, 0.25) is 0 Å². The second-order valence-corrected chi connectivity index (χ2v) is 7.30. The van der Waals surface area contributed by atoms with Gasteiger partial charge in [0.15, 0.2) is 0 Å². The minimum atomic E-state index is -0.683. The predicted octanol–water partition coefficient (Wildman–Crippen LogP) is 2.68. The normalized spacial score (nSPS) is 13.1. The third-order valence-electron chi connectivity index (χ3n) is 4.11. The first-order valence-corrected chi connectivity index (χ1v) is 9.29. The molecule has 6 heteroatoms. The zero-order valence-electron chi connectivity index (χ0n) is 16.4. The standard InChI is InChI=1S/C21H28N4O2/c1-14(2)10-15(3)24-20(26)18(11-17-8-6-5-7-9-17)25-21(27)19-13-22-12-16(4)23-19/h5-9,12-15,18H,10-11H2,1-4H3,(H,24,26)(H,25,27)/t15-,18+/m0/s1. The largest absolute Gasteiger partial charge is 0.352 e. The molecule has 2 rings (SSSR count). The van der Waals surface area contributed by atoms with Crippen LogP contribution in [-0.2, 0) is 11.2 Å². The summed E-state index contributed by atoms with van der Waals surface area (Å²) in [5.74, 6) is -0.121. The summed E-state index contributed by atoms with van der Waals surface area (Å²) in [4.78, 5) is 33.6. The van der Waals surface area contributed by atoms with E-state index in [-0.39, 0.29) is 17.6 Å². The van der Waals surface area contributed by atoms with Crippen LogP contribution >= 0.6 is 0 Å². The maximum Gasteiger partial charge on any atom is 0.272 e. The van der Waals surface area contributed by atoms with E-state index in [4.69, 9.17) is 0 Å². The molecule has 0 radical (unpaired) electrons. The van der Waals surface area contributed by atoms with Crippen molar-refractivity contribution in [3.05, 3.63) is 59.7 Å². The number of amides is 2. The monoisotopic (exact) mass is 368 g/mol. The molecular weight excluding hydrogens is 340 g/mol.